The van der Waals surface area contributed by atoms with Crippen LogP contribution in [0.2, 0.25) is 0 Å². The van der Waals surface area contributed by atoms with E-state index in [2.05, 4.69) is 34.6 Å². The fourth-order valence-corrected chi connectivity index (χ4v) is 3.05. The second-order valence-corrected chi connectivity index (χ2v) is 5.88. The van der Waals surface area contributed by atoms with E-state index >= 15 is 0 Å². The Kier molecular flexibility index (Phi) is 3.04. The van der Waals surface area contributed by atoms with Gasteiger partial charge in [0.05, 0.1) is 17.0 Å². The molecule has 2 aromatic heterocycles. The van der Waals surface area contributed by atoms with Gasteiger partial charge in [0.2, 0.25) is 5.95 Å². The van der Waals surface area contributed by atoms with Gasteiger partial charge in [0.25, 0.3) is 0 Å². The van der Waals surface area contributed by atoms with Crippen LogP contribution in [0.15, 0.2) is 11.4 Å². The van der Waals surface area contributed by atoms with Crippen molar-refractivity contribution in [1.29, 1.82) is 0 Å². The Morgan fingerprint density at radius 3 is 3.05 bits per heavy atom. The lowest BCUT2D eigenvalue weighted by Crippen LogP contribution is -2.41. The van der Waals surface area contributed by atoms with E-state index in [4.69, 9.17) is 10.6 Å². The van der Waals surface area contributed by atoms with Crippen molar-refractivity contribution in [2.45, 2.75) is 31.9 Å². The first-order valence-electron chi connectivity index (χ1n) is 6.24. The molecular formula is C12H17N5OS. The number of nitrogens with zero attached hydrogens (tertiary/aromatic N) is 2. The maximum absolute atomic E-state index is 5.65. The van der Waals surface area contributed by atoms with Gasteiger partial charge in [-0.3, -0.25) is 5.43 Å². The third-order valence-electron chi connectivity index (χ3n) is 3.74. The van der Waals surface area contributed by atoms with Gasteiger partial charge in [-0.15, -0.1) is 11.3 Å². The summed E-state index contributed by atoms with van der Waals surface area (Å²) < 4.78 is 5.65. The second kappa shape index (κ2) is 4.59. The number of ether oxygens (including phenoxy) is 1. The number of nitrogens with one attached hydrogen (secondary N) is 2. The molecule has 0 spiro atoms. The number of nitrogens with two attached hydrogens (primary N) is 1. The van der Waals surface area contributed by atoms with Crippen molar-refractivity contribution in [3.05, 3.63) is 11.4 Å². The molecule has 7 heteroatoms. The summed E-state index contributed by atoms with van der Waals surface area (Å²) in [4.78, 5) is 9.68. The summed E-state index contributed by atoms with van der Waals surface area (Å²) in [5.41, 5.74) is 2.40. The summed E-state index contributed by atoms with van der Waals surface area (Å²) in [6.45, 7) is 5.00. The Labute approximate surface area is 115 Å². The zero-order valence-corrected chi connectivity index (χ0v) is 11.8. The molecule has 0 aromatic carbocycles. The minimum Gasteiger partial charge on any atom is -0.376 e. The monoisotopic (exact) mass is 279 g/mol. The standard InChI is InChI=1S/C12H17N5OS/c1-7-12(2,4-5-18-7)16-9-8-3-6-19-10(8)15-11(14-9)17-13/h3,6-7H,4-5,13H2,1-2H3,(H2,14,15,16,17). The highest BCUT2D eigenvalue weighted by molar-refractivity contribution is 7.16. The first-order chi connectivity index (χ1) is 9.12. The molecule has 0 saturated carbocycles. The van der Waals surface area contributed by atoms with Crippen LogP contribution in [0.25, 0.3) is 10.2 Å². The van der Waals surface area contributed by atoms with E-state index in [9.17, 15) is 0 Å². The van der Waals surface area contributed by atoms with Crippen molar-refractivity contribution < 1.29 is 4.74 Å². The van der Waals surface area contributed by atoms with E-state index in [-0.39, 0.29) is 11.6 Å². The van der Waals surface area contributed by atoms with Crippen LogP contribution in [0, 0.1) is 0 Å². The molecule has 102 valence electrons. The predicted octanol–water partition coefficient (Wildman–Crippen LogP) is 1.96. The molecule has 2 atom stereocenters. The minimum absolute atomic E-state index is 0.116. The molecule has 0 bridgehead atoms. The maximum atomic E-state index is 5.65. The van der Waals surface area contributed by atoms with Crippen LogP contribution < -0.4 is 16.6 Å². The Morgan fingerprint density at radius 1 is 1.53 bits per heavy atom. The zero-order chi connectivity index (χ0) is 13.5. The number of thiophene rings is 1. The second-order valence-electron chi connectivity index (χ2n) is 4.99. The van der Waals surface area contributed by atoms with E-state index in [1.165, 1.54) is 0 Å². The van der Waals surface area contributed by atoms with Gasteiger partial charge >= 0.3 is 0 Å². The van der Waals surface area contributed by atoms with E-state index in [1.54, 1.807) is 11.3 Å². The molecule has 0 radical (unpaired) electrons. The van der Waals surface area contributed by atoms with Gasteiger partial charge < -0.3 is 10.1 Å². The lowest BCUT2D eigenvalue weighted by molar-refractivity contribution is 0.105. The number of anilines is 2. The number of fused-ring (bicyclic) bond motifs is 1. The van der Waals surface area contributed by atoms with Crippen LogP contribution in [-0.4, -0.2) is 28.2 Å². The van der Waals surface area contributed by atoms with E-state index in [1.807, 2.05) is 11.4 Å². The van der Waals surface area contributed by atoms with Crippen molar-refractivity contribution in [1.82, 2.24) is 9.97 Å². The van der Waals surface area contributed by atoms with Crippen LogP contribution in [0.5, 0.6) is 0 Å². The molecule has 3 rings (SSSR count). The topological polar surface area (TPSA) is 85.1 Å². The molecule has 6 nitrogen and oxygen atoms in total. The van der Waals surface area contributed by atoms with Gasteiger partial charge in [-0.25, -0.2) is 10.8 Å². The largest absolute Gasteiger partial charge is 0.376 e. The molecule has 3 heterocycles. The normalized spacial score (nSPS) is 26.8. The summed E-state index contributed by atoms with van der Waals surface area (Å²) in [5, 5.41) is 6.53. The SMILES string of the molecule is CC1OCCC1(C)Nc1nc(NN)nc2sccc12. The lowest BCUT2D eigenvalue weighted by atomic mass is 9.94. The van der Waals surface area contributed by atoms with Gasteiger partial charge in [-0.1, -0.05) is 0 Å². The van der Waals surface area contributed by atoms with Crippen molar-refractivity contribution in [2.75, 3.05) is 17.3 Å². The average Bonchev–Trinajstić information content (AvgIpc) is 2.97. The zero-order valence-electron chi connectivity index (χ0n) is 10.9. The molecule has 0 aliphatic carbocycles. The average molecular weight is 279 g/mol. The summed E-state index contributed by atoms with van der Waals surface area (Å²) in [6.07, 6.45) is 1.10. The Bertz CT molecular complexity index is 601. The lowest BCUT2D eigenvalue weighted by Gasteiger charge is -2.29. The van der Waals surface area contributed by atoms with Crippen LogP contribution in [-0.2, 0) is 4.74 Å². The number of hydrogen-bond donors (Lipinski definition) is 3. The summed E-state index contributed by atoms with van der Waals surface area (Å²) in [5.74, 6) is 6.65. The first kappa shape index (κ1) is 12.6. The van der Waals surface area contributed by atoms with Gasteiger partial charge in [0.15, 0.2) is 0 Å². The third kappa shape index (κ3) is 2.13. The molecule has 1 aliphatic heterocycles. The molecule has 1 saturated heterocycles. The molecule has 1 aliphatic rings. The van der Waals surface area contributed by atoms with Gasteiger partial charge in [-0.05, 0) is 31.7 Å². The van der Waals surface area contributed by atoms with Crippen molar-refractivity contribution in [3.8, 4) is 0 Å². The van der Waals surface area contributed by atoms with Crippen LogP contribution in [0.4, 0.5) is 11.8 Å². The van der Waals surface area contributed by atoms with Crippen LogP contribution in [0.3, 0.4) is 0 Å². The van der Waals surface area contributed by atoms with Crippen LogP contribution in [0.1, 0.15) is 20.3 Å². The maximum Gasteiger partial charge on any atom is 0.240 e. The molecule has 4 N–H and O–H groups in total. The van der Waals surface area contributed by atoms with Crippen molar-refractivity contribution in [2.24, 2.45) is 5.84 Å². The molecule has 2 unspecified atom stereocenters. The highest BCUT2D eigenvalue weighted by Gasteiger charge is 2.37. The molecule has 1 fully saturated rings. The predicted molar refractivity (Wildman–Crippen MR) is 77.3 cm³/mol. The molecule has 2 aromatic rings. The summed E-state index contributed by atoms with van der Waals surface area (Å²) in [7, 11) is 0. The molecular weight excluding hydrogens is 262 g/mol. The van der Waals surface area contributed by atoms with E-state index < -0.39 is 0 Å². The fourth-order valence-electron chi connectivity index (χ4n) is 2.28. The number of hydrazine groups is 1. The van der Waals surface area contributed by atoms with E-state index in [0.29, 0.717) is 5.95 Å². The molecule has 19 heavy (non-hydrogen) atoms. The van der Waals surface area contributed by atoms with Crippen LogP contribution >= 0.6 is 11.3 Å². The summed E-state index contributed by atoms with van der Waals surface area (Å²) in [6, 6.07) is 2.02. The summed E-state index contributed by atoms with van der Waals surface area (Å²) >= 11 is 1.57. The van der Waals surface area contributed by atoms with Gasteiger partial charge in [-0.2, -0.15) is 4.98 Å². The Morgan fingerprint density at radius 2 is 2.37 bits per heavy atom. The fraction of sp³-hybridized carbons (Fsp3) is 0.500. The Balaban J connectivity index is 2.02. The Hall–Kier alpha value is -1.44. The highest BCUT2D eigenvalue weighted by Crippen LogP contribution is 2.33. The molecule has 0 amide bonds. The highest BCUT2D eigenvalue weighted by atomic mass is 32.1. The number of nitrogen functional groups attached to an aromatic ring is 1. The first-order valence-corrected chi connectivity index (χ1v) is 7.12. The number of aromatic nitrogens is 2. The van der Waals surface area contributed by atoms with E-state index in [0.717, 1.165) is 29.1 Å². The number of hydrogen-bond acceptors (Lipinski definition) is 7. The van der Waals surface area contributed by atoms with Gasteiger partial charge in [0, 0.05) is 6.61 Å². The van der Waals surface area contributed by atoms with Crippen molar-refractivity contribution >= 4 is 33.3 Å². The third-order valence-corrected chi connectivity index (χ3v) is 4.55. The number of rotatable bonds is 3. The van der Waals surface area contributed by atoms with Gasteiger partial charge in [0.1, 0.15) is 10.6 Å². The minimum atomic E-state index is -0.116. The van der Waals surface area contributed by atoms with Crippen molar-refractivity contribution in [3.63, 3.8) is 0 Å². The quantitative estimate of drug-likeness (QED) is 0.588. The smallest absolute Gasteiger partial charge is 0.240 e.